The first-order chi connectivity index (χ1) is 12.3. The number of sulfonamides is 1. The van der Waals surface area contributed by atoms with Crippen molar-refractivity contribution in [2.75, 3.05) is 18.0 Å². The minimum absolute atomic E-state index is 0.0904. The molecule has 2 aromatic carbocycles. The third-order valence-corrected chi connectivity index (χ3v) is 6.11. The molecule has 2 aromatic rings. The van der Waals surface area contributed by atoms with Gasteiger partial charge >= 0.3 is 0 Å². The van der Waals surface area contributed by atoms with Crippen LogP contribution in [0.5, 0.6) is 0 Å². The maximum Gasteiger partial charge on any atom is 0.240 e. The summed E-state index contributed by atoms with van der Waals surface area (Å²) >= 11 is 0. The summed E-state index contributed by atoms with van der Waals surface area (Å²) in [6.45, 7) is 4.25. The average molecular weight is 376 g/mol. The smallest absolute Gasteiger partial charge is 0.240 e. The van der Waals surface area contributed by atoms with Gasteiger partial charge in [-0.2, -0.15) is 0 Å². The second-order valence-corrected chi connectivity index (χ2v) is 8.41. The molecule has 0 saturated carbocycles. The van der Waals surface area contributed by atoms with Gasteiger partial charge in [-0.25, -0.2) is 17.5 Å². The van der Waals surface area contributed by atoms with Crippen LogP contribution in [0.2, 0.25) is 0 Å². The maximum atomic E-state index is 13.0. The van der Waals surface area contributed by atoms with Gasteiger partial charge in [0.1, 0.15) is 5.82 Å². The van der Waals surface area contributed by atoms with Crippen LogP contribution in [0, 0.1) is 25.6 Å². The van der Waals surface area contributed by atoms with Crippen LogP contribution in [0.25, 0.3) is 0 Å². The number of benzene rings is 2. The van der Waals surface area contributed by atoms with Gasteiger partial charge in [0.25, 0.3) is 0 Å². The summed E-state index contributed by atoms with van der Waals surface area (Å²) in [5.41, 5.74) is 2.31. The zero-order valence-corrected chi connectivity index (χ0v) is 15.5. The maximum absolute atomic E-state index is 13.0. The summed E-state index contributed by atoms with van der Waals surface area (Å²) in [6, 6.07) is 10.9. The third-order valence-electron chi connectivity index (χ3n) is 4.53. The van der Waals surface area contributed by atoms with Gasteiger partial charge in [-0.15, -0.1) is 0 Å². The van der Waals surface area contributed by atoms with E-state index in [1.165, 1.54) is 12.1 Å². The van der Waals surface area contributed by atoms with Crippen molar-refractivity contribution in [2.45, 2.75) is 25.2 Å². The molecule has 0 bridgehead atoms. The van der Waals surface area contributed by atoms with Crippen molar-refractivity contribution >= 4 is 21.6 Å². The van der Waals surface area contributed by atoms with E-state index >= 15 is 0 Å². The summed E-state index contributed by atoms with van der Waals surface area (Å²) < 4.78 is 40.7. The highest BCUT2D eigenvalue weighted by molar-refractivity contribution is 7.89. The molecule has 1 heterocycles. The van der Waals surface area contributed by atoms with Crippen molar-refractivity contribution < 1.29 is 17.6 Å². The van der Waals surface area contributed by atoms with E-state index in [1.54, 1.807) is 36.1 Å². The van der Waals surface area contributed by atoms with Gasteiger partial charge in [0.2, 0.25) is 15.9 Å². The predicted octanol–water partition coefficient (Wildman–Crippen LogP) is 2.77. The molecule has 0 radical (unpaired) electrons. The second-order valence-electron chi connectivity index (χ2n) is 6.67. The molecule has 1 unspecified atom stereocenters. The highest BCUT2D eigenvalue weighted by Crippen LogP contribution is 2.25. The van der Waals surface area contributed by atoms with Crippen molar-refractivity contribution in [2.24, 2.45) is 5.92 Å². The lowest BCUT2D eigenvalue weighted by atomic mass is 10.1. The summed E-state index contributed by atoms with van der Waals surface area (Å²) in [5, 5.41) is 0. The molecular formula is C19H21FN2O3S. The molecule has 1 fully saturated rings. The quantitative estimate of drug-likeness (QED) is 0.873. The van der Waals surface area contributed by atoms with Crippen molar-refractivity contribution in [1.29, 1.82) is 0 Å². The molecule has 26 heavy (non-hydrogen) atoms. The number of nitrogens with one attached hydrogen (secondary N) is 1. The van der Waals surface area contributed by atoms with Crippen molar-refractivity contribution in [1.82, 2.24) is 4.72 Å². The van der Waals surface area contributed by atoms with Crippen molar-refractivity contribution in [3.05, 3.63) is 59.4 Å². The van der Waals surface area contributed by atoms with Gasteiger partial charge in [-0.3, -0.25) is 4.79 Å². The number of halogens is 1. The zero-order chi connectivity index (χ0) is 18.9. The SMILES string of the molecule is Cc1ccc(S(=O)(=O)NCC2CC(=O)N(c3ccc(F)cc3)C2)c(C)c1. The van der Waals surface area contributed by atoms with E-state index in [-0.39, 0.29) is 35.5 Å². The zero-order valence-electron chi connectivity index (χ0n) is 14.7. The first-order valence-electron chi connectivity index (χ1n) is 8.39. The molecule has 1 amide bonds. The van der Waals surface area contributed by atoms with Gasteiger partial charge in [0.15, 0.2) is 0 Å². The number of hydrogen-bond donors (Lipinski definition) is 1. The van der Waals surface area contributed by atoms with Crippen LogP contribution in [0.3, 0.4) is 0 Å². The topological polar surface area (TPSA) is 66.5 Å². The Labute approximate surface area is 152 Å². The van der Waals surface area contributed by atoms with E-state index < -0.39 is 10.0 Å². The molecule has 3 rings (SSSR count). The van der Waals surface area contributed by atoms with E-state index in [9.17, 15) is 17.6 Å². The summed E-state index contributed by atoms with van der Waals surface area (Å²) in [4.78, 5) is 14.0. The normalized spacial score (nSPS) is 17.7. The molecule has 0 aliphatic carbocycles. The van der Waals surface area contributed by atoms with Crippen LogP contribution in [0.1, 0.15) is 17.5 Å². The standard InChI is InChI=1S/C19H21FN2O3S/c1-13-3-8-18(14(2)9-13)26(24,25)21-11-15-10-19(23)22(12-15)17-6-4-16(20)5-7-17/h3-9,15,21H,10-12H2,1-2H3. The number of nitrogens with zero attached hydrogens (tertiary/aromatic N) is 1. The second kappa shape index (κ2) is 7.17. The molecule has 138 valence electrons. The Morgan fingerprint density at radius 3 is 2.50 bits per heavy atom. The molecule has 7 heteroatoms. The molecule has 5 nitrogen and oxygen atoms in total. The number of rotatable bonds is 5. The lowest BCUT2D eigenvalue weighted by Crippen LogP contribution is -2.31. The minimum Gasteiger partial charge on any atom is -0.312 e. The Morgan fingerprint density at radius 1 is 1.15 bits per heavy atom. The summed E-state index contributed by atoms with van der Waals surface area (Å²) in [7, 11) is -3.63. The van der Waals surface area contributed by atoms with Crippen LogP contribution >= 0.6 is 0 Å². The summed E-state index contributed by atoms with van der Waals surface area (Å²) in [5.74, 6) is -0.585. The molecule has 1 aliphatic rings. The van der Waals surface area contributed by atoms with Crippen LogP contribution in [0.15, 0.2) is 47.4 Å². The van der Waals surface area contributed by atoms with Crippen LogP contribution in [0.4, 0.5) is 10.1 Å². The molecule has 0 aromatic heterocycles. The highest BCUT2D eigenvalue weighted by Gasteiger charge is 2.31. The van der Waals surface area contributed by atoms with E-state index in [2.05, 4.69) is 4.72 Å². The largest absolute Gasteiger partial charge is 0.312 e. The van der Waals surface area contributed by atoms with Gasteiger partial charge in [0.05, 0.1) is 4.90 Å². The Kier molecular flexibility index (Phi) is 5.11. The summed E-state index contributed by atoms with van der Waals surface area (Å²) in [6.07, 6.45) is 0.257. The predicted molar refractivity (Wildman–Crippen MR) is 98.0 cm³/mol. The number of amides is 1. The van der Waals surface area contributed by atoms with E-state index in [0.29, 0.717) is 17.8 Å². The molecule has 0 spiro atoms. The van der Waals surface area contributed by atoms with Crippen LogP contribution in [-0.2, 0) is 14.8 Å². The minimum atomic E-state index is -3.63. The fourth-order valence-electron chi connectivity index (χ4n) is 3.20. The van der Waals surface area contributed by atoms with Crippen LogP contribution < -0.4 is 9.62 Å². The van der Waals surface area contributed by atoms with E-state index in [0.717, 1.165) is 5.56 Å². The lowest BCUT2D eigenvalue weighted by Gasteiger charge is -2.17. The number of carbonyl (C=O) groups is 1. The molecule has 1 aliphatic heterocycles. The number of hydrogen-bond acceptors (Lipinski definition) is 3. The Bertz CT molecular complexity index is 926. The van der Waals surface area contributed by atoms with Gasteiger partial charge in [-0.05, 0) is 55.7 Å². The van der Waals surface area contributed by atoms with E-state index in [4.69, 9.17) is 0 Å². The number of anilines is 1. The van der Waals surface area contributed by atoms with Crippen molar-refractivity contribution in [3.63, 3.8) is 0 Å². The number of carbonyl (C=O) groups excluding carboxylic acids is 1. The lowest BCUT2D eigenvalue weighted by molar-refractivity contribution is -0.117. The third kappa shape index (κ3) is 3.94. The molecule has 1 atom stereocenters. The Balaban J connectivity index is 1.66. The first-order valence-corrected chi connectivity index (χ1v) is 9.87. The van der Waals surface area contributed by atoms with Gasteiger partial charge < -0.3 is 4.90 Å². The number of aryl methyl sites for hydroxylation is 2. The Hall–Kier alpha value is -2.25. The average Bonchev–Trinajstić information content (AvgIpc) is 2.94. The fourth-order valence-corrected chi connectivity index (χ4v) is 4.54. The van der Waals surface area contributed by atoms with Gasteiger partial charge in [-0.1, -0.05) is 17.7 Å². The Morgan fingerprint density at radius 2 is 1.85 bits per heavy atom. The highest BCUT2D eigenvalue weighted by atomic mass is 32.2. The monoisotopic (exact) mass is 376 g/mol. The van der Waals surface area contributed by atoms with Crippen LogP contribution in [-0.4, -0.2) is 27.4 Å². The van der Waals surface area contributed by atoms with Crippen molar-refractivity contribution in [3.8, 4) is 0 Å². The molecule has 1 N–H and O–H groups in total. The fraction of sp³-hybridized carbons (Fsp3) is 0.316. The molecular weight excluding hydrogens is 355 g/mol. The van der Waals surface area contributed by atoms with E-state index in [1.807, 2.05) is 13.0 Å². The van der Waals surface area contributed by atoms with Gasteiger partial charge in [0, 0.05) is 25.2 Å². The molecule has 1 saturated heterocycles. The first kappa shape index (κ1) is 18.5.